The lowest BCUT2D eigenvalue weighted by Gasteiger charge is -2.10. The number of aromatic nitrogens is 5. The minimum Gasteiger partial charge on any atom is -0.345 e. The van der Waals surface area contributed by atoms with Gasteiger partial charge in [-0.15, -0.1) is 11.3 Å². The Hall–Kier alpha value is -2.92. The topological polar surface area (TPSA) is 77.1 Å². The van der Waals surface area contributed by atoms with Crippen LogP contribution in [0.5, 0.6) is 0 Å². The van der Waals surface area contributed by atoms with Gasteiger partial charge in [0.2, 0.25) is 0 Å². The quantitative estimate of drug-likeness (QED) is 0.488. The Morgan fingerprint density at radius 1 is 1.23 bits per heavy atom. The van der Waals surface area contributed by atoms with Crippen molar-refractivity contribution in [2.24, 2.45) is 0 Å². The van der Waals surface area contributed by atoms with Crippen LogP contribution in [0.4, 0.5) is 13.2 Å². The van der Waals surface area contributed by atoms with Gasteiger partial charge in [-0.3, -0.25) is 9.48 Å². The fourth-order valence-corrected chi connectivity index (χ4v) is 3.80. The SMILES string of the molecule is CCn1ccc(CNC(=O)c2cc3nc(-c4ccc(Cl)s4)cc(C(F)(F)F)n3n2)n1. The molecule has 30 heavy (non-hydrogen) atoms. The molecule has 0 radical (unpaired) electrons. The third-order valence-electron chi connectivity index (χ3n) is 4.23. The summed E-state index contributed by atoms with van der Waals surface area (Å²) in [6.45, 7) is 2.73. The van der Waals surface area contributed by atoms with Crippen molar-refractivity contribution in [1.29, 1.82) is 0 Å². The van der Waals surface area contributed by atoms with Gasteiger partial charge in [0.15, 0.2) is 17.0 Å². The van der Waals surface area contributed by atoms with Crippen molar-refractivity contribution in [2.75, 3.05) is 0 Å². The summed E-state index contributed by atoms with van der Waals surface area (Å²) in [7, 11) is 0. The summed E-state index contributed by atoms with van der Waals surface area (Å²) in [4.78, 5) is 17.1. The minimum atomic E-state index is -4.69. The average Bonchev–Trinajstić information content (AvgIpc) is 3.43. The molecule has 0 saturated heterocycles. The molecule has 4 aromatic rings. The molecule has 0 bridgehead atoms. The normalized spacial score (nSPS) is 11.9. The Bertz CT molecular complexity index is 1230. The highest BCUT2D eigenvalue weighted by Gasteiger charge is 2.35. The van der Waals surface area contributed by atoms with Gasteiger partial charge < -0.3 is 5.32 Å². The van der Waals surface area contributed by atoms with E-state index in [4.69, 9.17) is 11.6 Å². The van der Waals surface area contributed by atoms with E-state index in [1.807, 2.05) is 6.92 Å². The van der Waals surface area contributed by atoms with Crippen LogP contribution >= 0.6 is 22.9 Å². The first kappa shape index (κ1) is 20.4. The number of thiophene rings is 1. The molecule has 0 spiro atoms. The zero-order valence-electron chi connectivity index (χ0n) is 15.4. The summed E-state index contributed by atoms with van der Waals surface area (Å²) in [5, 5.41) is 10.7. The van der Waals surface area contributed by atoms with Crippen LogP contribution in [0.2, 0.25) is 4.34 Å². The Morgan fingerprint density at radius 2 is 2.03 bits per heavy atom. The molecule has 0 atom stereocenters. The third kappa shape index (κ3) is 4.03. The number of fused-ring (bicyclic) bond motifs is 1. The van der Waals surface area contributed by atoms with E-state index in [9.17, 15) is 18.0 Å². The van der Waals surface area contributed by atoms with Gasteiger partial charge in [-0.1, -0.05) is 11.6 Å². The van der Waals surface area contributed by atoms with Gasteiger partial charge in [0.25, 0.3) is 5.91 Å². The van der Waals surface area contributed by atoms with Crippen LogP contribution in [0.3, 0.4) is 0 Å². The lowest BCUT2D eigenvalue weighted by Crippen LogP contribution is -2.24. The van der Waals surface area contributed by atoms with Gasteiger partial charge in [0, 0.05) is 18.8 Å². The monoisotopic (exact) mass is 454 g/mol. The predicted octanol–water partition coefficient (Wildman–Crippen LogP) is 4.28. The molecule has 0 aromatic carbocycles. The highest BCUT2D eigenvalue weighted by atomic mass is 35.5. The molecule has 1 amide bonds. The first-order valence-corrected chi connectivity index (χ1v) is 9.98. The first-order valence-electron chi connectivity index (χ1n) is 8.79. The van der Waals surface area contributed by atoms with Crippen LogP contribution in [0.1, 0.15) is 28.8 Å². The van der Waals surface area contributed by atoms with Crippen molar-refractivity contribution in [3.63, 3.8) is 0 Å². The number of aryl methyl sites for hydroxylation is 1. The molecular formula is C18H14ClF3N6OS. The van der Waals surface area contributed by atoms with Crippen LogP contribution in [0.25, 0.3) is 16.2 Å². The van der Waals surface area contributed by atoms with Crippen LogP contribution in [0.15, 0.2) is 36.5 Å². The van der Waals surface area contributed by atoms with E-state index in [0.717, 1.165) is 17.4 Å². The number of hydrogen-bond donors (Lipinski definition) is 1. The molecule has 12 heteroatoms. The van der Waals surface area contributed by atoms with Gasteiger partial charge in [0.1, 0.15) is 0 Å². The van der Waals surface area contributed by atoms with E-state index < -0.39 is 17.8 Å². The molecular weight excluding hydrogens is 441 g/mol. The van der Waals surface area contributed by atoms with Crippen molar-refractivity contribution in [3.8, 4) is 10.6 Å². The maximum atomic E-state index is 13.6. The van der Waals surface area contributed by atoms with Gasteiger partial charge in [-0.2, -0.15) is 23.4 Å². The number of carbonyl (C=O) groups is 1. The summed E-state index contributed by atoms with van der Waals surface area (Å²) in [5.74, 6) is -0.625. The molecule has 0 saturated carbocycles. The van der Waals surface area contributed by atoms with E-state index in [0.29, 0.717) is 26.0 Å². The van der Waals surface area contributed by atoms with E-state index >= 15 is 0 Å². The first-order chi connectivity index (χ1) is 14.2. The lowest BCUT2D eigenvalue weighted by molar-refractivity contribution is -0.142. The molecule has 156 valence electrons. The second kappa shape index (κ2) is 7.73. The largest absolute Gasteiger partial charge is 0.433 e. The number of carbonyl (C=O) groups excluding carboxylic acids is 1. The Morgan fingerprint density at radius 3 is 2.67 bits per heavy atom. The van der Waals surface area contributed by atoms with Crippen molar-refractivity contribution in [1.82, 2.24) is 29.7 Å². The van der Waals surface area contributed by atoms with Gasteiger partial charge in [-0.25, -0.2) is 9.50 Å². The summed E-state index contributed by atoms with van der Waals surface area (Å²) in [5.41, 5.74) is -0.578. The number of amides is 1. The maximum absolute atomic E-state index is 13.6. The lowest BCUT2D eigenvalue weighted by atomic mass is 10.2. The molecule has 1 N–H and O–H groups in total. The summed E-state index contributed by atoms with van der Waals surface area (Å²) >= 11 is 7.00. The zero-order valence-corrected chi connectivity index (χ0v) is 17.0. The number of alkyl halides is 3. The molecule has 4 heterocycles. The minimum absolute atomic E-state index is 0.0928. The van der Waals surface area contributed by atoms with Gasteiger partial charge in [-0.05, 0) is 31.2 Å². The summed E-state index contributed by atoms with van der Waals surface area (Å²) < 4.78 is 43.6. The van der Waals surface area contributed by atoms with Crippen molar-refractivity contribution < 1.29 is 18.0 Å². The Kier molecular flexibility index (Phi) is 5.24. The van der Waals surface area contributed by atoms with Crippen LogP contribution in [-0.4, -0.2) is 30.3 Å². The fourth-order valence-electron chi connectivity index (χ4n) is 2.80. The van der Waals surface area contributed by atoms with Crippen molar-refractivity contribution >= 4 is 34.5 Å². The van der Waals surface area contributed by atoms with Gasteiger partial charge in [0.05, 0.1) is 27.1 Å². The Labute approximate surface area is 177 Å². The van der Waals surface area contributed by atoms with Gasteiger partial charge >= 0.3 is 6.18 Å². The highest BCUT2D eigenvalue weighted by Crippen LogP contribution is 2.35. The second-order valence-electron chi connectivity index (χ2n) is 6.27. The molecule has 4 rings (SSSR count). The number of nitrogens with one attached hydrogen (secondary N) is 1. The number of hydrogen-bond acceptors (Lipinski definition) is 5. The Balaban J connectivity index is 1.67. The molecule has 0 aliphatic heterocycles. The fraction of sp³-hybridized carbons (Fsp3) is 0.222. The van der Waals surface area contributed by atoms with E-state index in [1.54, 1.807) is 29.1 Å². The number of rotatable bonds is 5. The van der Waals surface area contributed by atoms with Crippen molar-refractivity contribution in [3.05, 3.63) is 57.9 Å². The highest BCUT2D eigenvalue weighted by molar-refractivity contribution is 7.19. The molecule has 0 fully saturated rings. The zero-order chi connectivity index (χ0) is 21.5. The summed E-state index contributed by atoms with van der Waals surface area (Å²) in [6, 6.07) is 7.02. The summed E-state index contributed by atoms with van der Waals surface area (Å²) in [6.07, 6.45) is -2.92. The van der Waals surface area contributed by atoms with Crippen LogP contribution < -0.4 is 5.32 Å². The predicted molar refractivity (Wildman–Crippen MR) is 105 cm³/mol. The van der Waals surface area contributed by atoms with Crippen LogP contribution in [-0.2, 0) is 19.3 Å². The maximum Gasteiger partial charge on any atom is 0.433 e. The smallest absolute Gasteiger partial charge is 0.345 e. The standard InChI is InChI=1S/C18H14ClF3N6OS/c1-2-27-6-5-10(25-27)9-23-17(29)12-8-16-24-11(13-3-4-15(19)30-13)7-14(18(20,21)22)28(16)26-12/h3-8H,2,9H2,1H3,(H,23,29). The number of nitrogens with zero attached hydrogens (tertiary/aromatic N) is 5. The molecule has 0 aliphatic carbocycles. The second-order valence-corrected chi connectivity index (χ2v) is 7.99. The van der Waals surface area contributed by atoms with Crippen molar-refractivity contribution in [2.45, 2.75) is 26.2 Å². The molecule has 4 aromatic heterocycles. The van der Waals surface area contributed by atoms with E-state index in [2.05, 4.69) is 20.5 Å². The van der Waals surface area contributed by atoms with E-state index in [-0.39, 0.29) is 23.6 Å². The number of halogens is 4. The third-order valence-corrected chi connectivity index (χ3v) is 5.48. The molecule has 0 aliphatic rings. The van der Waals surface area contributed by atoms with E-state index in [1.165, 1.54) is 6.07 Å². The van der Waals surface area contributed by atoms with Crippen LogP contribution in [0, 0.1) is 0 Å². The molecule has 0 unspecified atom stereocenters. The average molecular weight is 455 g/mol. The molecule has 7 nitrogen and oxygen atoms in total.